The van der Waals surface area contributed by atoms with E-state index >= 15 is 0 Å². The number of aliphatic imine (C=N–C) groups is 1. The molecule has 3 rings (SSSR count). The van der Waals surface area contributed by atoms with Crippen LogP contribution in [0.2, 0.25) is 10.0 Å². The van der Waals surface area contributed by atoms with Crippen LogP contribution in [0.15, 0.2) is 47.7 Å². The molecule has 1 aromatic heterocycles. The van der Waals surface area contributed by atoms with Crippen molar-refractivity contribution in [3.63, 3.8) is 0 Å². The number of rotatable bonds is 4. The lowest BCUT2D eigenvalue weighted by Gasteiger charge is -2.22. The lowest BCUT2D eigenvalue weighted by molar-refractivity contribution is 0.634. The molecular formula is C16H16Cl2N4. The van der Waals surface area contributed by atoms with Crippen molar-refractivity contribution in [3.8, 4) is 0 Å². The molecule has 1 atom stereocenters. The molecule has 0 spiro atoms. The summed E-state index contributed by atoms with van der Waals surface area (Å²) in [5.74, 6) is 0.801. The first-order chi connectivity index (χ1) is 10.7. The minimum atomic E-state index is -0.0158. The summed E-state index contributed by atoms with van der Waals surface area (Å²) in [7, 11) is 0. The van der Waals surface area contributed by atoms with E-state index in [2.05, 4.69) is 20.6 Å². The fourth-order valence-electron chi connectivity index (χ4n) is 2.44. The first-order valence-electron chi connectivity index (χ1n) is 7.11. The largest absolute Gasteiger partial charge is 0.355 e. The van der Waals surface area contributed by atoms with Gasteiger partial charge in [-0.1, -0.05) is 35.3 Å². The molecule has 114 valence electrons. The minimum Gasteiger partial charge on any atom is -0.355 e. The molecule has 0 saturated carbocycles. The number of guanidine groups is 1. The van der Waals surface area contributed by atoms with Gasteiger partial charge in [-0.05, 0) is 35.7 Å². The summed E-state index contributed by atoms with van der Waals surface area (Å²) in [4.78, 5) is 8.46. The third-order valence-electron chi connectivity index (χ3n) is 3.53. The zero-order chi connectivity index (χ0) is 15.4. The Labute approximate surface area is 139 Å². The highest BCUT2D eigenvalue weighted by molar-refractivity contribution is 6.42. The number of aromatic nitrogens is 1. The molecule has 0 amide bonds. The molecule has 2 aromatic rings. The van der Waals surface area contributed by atoms with Crippen molar-refractivity contribution < 1.29 is 0 Å². The Balaban J connectivity index is 1.89. The maximum absolute atomic E-state index is 6.40. The number of nitrogens with one attached hydrogen (secondary N) is 2. The summed E-state index contributed by atoms with van der Waals surface area (Å²) >= 11 is 12.6. The summed E-state index contributed by atoms with van der Waals surface area (Å²) < 4.78 is 0. The van der Waals surface area contributed by atoms with E-state index in [0.29, 0.717) is 10.0 Å². The average molecular weight is 335 g/mol. The van der Waals surface area contributed by atoms with Crippen LogP contribution in [0.25, 0.3) is 0 Å². The molecule has 0 radical (unpaired) electrons. The monoisotopic (exact) mass is 334 g/mol. The van der Waals surface area contributed by atoms with Gasteiger partial charge in [0.2, 0.25) is 0 Å². The molecule has 1 unspecified atom stereocenters. The average Bonchev–Trinajstić information content (AvgIpc) is 3.03. The van der Waals surface area contributed by atoms with Gasteiger partial charge in [-0.15, -0.1) is 0 Å². The minimum absolute atomic E-state index is 0.0158. The van der Waals surface area contributed by atoms with E-state index in [1.54, 1.807) is 18.5 Å². The van der Waals surface area contributed by atoms with Crippen LogP contribution >= 0.6 is 23.2 Å². The van der Waals surface area contributed by atoms with Crippen molar-refractivity contribution >= 4 is 29.2 Å². The summed E-state index contributed by atoms with van der Waals surface area (Å²) in [6.45, 7) is 1.64. The molecule has 2 N–H and O–H groups in total. The fraction of sp³-hybridized carbons (Fsp3) is 0.250. The quantitative estimate of drug-likeness (QED) is 0.902. The number of halogens is 2. The Hall–Kier alpha value is -1.78. The molecule has 6 heteroatoms. The van der Waals surface area contributed by atoms with Crippen molar-refractivity contribution in [2.24, 2.45) is 4.99 Å². The summed E-state index contributed by atoms with van der Waals surface area (Å²) in [6, 6.07) is 9.67. The van der Waals surface area contributed by atoms with Crippen LogP contribution in [-0.2, 0) is 6.42 Å². The van der Waals surface area contributed by atoms with E-state index in [1.165, 1.54) is 5.56 Å². The Morgan fingerprint density at radius 3 is 2.73 bits per heavy atom. The van der Waals surface area contributed by atoms with Gasteiger partial charge in [0.25, 0.3) is 0 Å². The van der Waals surface area contributed by atoms with Crippen molar-refractivity contribution in [1.29, 1.82) is 0 Å². The first kappa shape index (κ1) is 15.1. The molecule has 0 saturated heterocycles. The predicted octanol–water partition coefficient (Wildman–Crippen LogP) is 3.22. The Morgan fingerprint density at radius 2 is 2.00 bits per heavy atom. The highest BCUT2D eigenvalue weighted by Crippen LogP contribution is 2.31. The third kappa shape index (κ3) is 3.51. The fourth-order valence-corrected chi connectivity index (χ4v) is 2.88. The molecule has 1 aromatic carbocycles. The zero-order valence-electron chi connectivity index (χ0n) is 11.9. The van der Waals surface area contributed by atoms with Crippen LogP contribution in [-0.4, -0.2) is 24.0 Å². The number of pyridine rings is 1. The summed E-state index contributed by atoms with van der Waals surface area (Å²) in [6.07, 6.45) is 4.35. The smallest absolute Gasteiger partial charge is 0.191 e. The van der Waals surface area contributed by atoms with Crippen molar-refractivity contribution in [1.82, 2.24) is 15.6 Å². The molecule has 0 fully saturated rings. The van der Waals surface area contributed by atoms with E-state index in [4.69, 9.17) is 23.2 Å². The molecule has 4 nitrogen and oxygen atoms in total. The summed E-state index contributed by atoms with van der Waals surface area (Å²) in [5.41, 5.74) is 2.13. The van der Waals surface area contributed by atoms with Gasteiger partial charge in [0, 0.05) is 18.9 Å². The standard InChI is InChI=1S/C16H16Cl2N4/c17-13-3-1-2-12(15(13)18)14(22-16-20-8-9-21-16)10-11-4-6-19-7-5-11/h1-7,14H,8-10H2,(H2,20,21,22). The zero-order valence-corrected chi connectivity index (χ0v) is 13.4. The molecule has 2 heterocycles. The van der Waals surface area contributed by atoms with Crippen LogP contribution in [0, 0.1) is 0 Å². The van der Waals surface area contributed by atoms with Crippen molar-refractivity contribution in [2.45, 2.75) is 12.5 Å². The maximum atomic E-state index is 6.40. The highest BCUT2D eigenvalue weighted by Gasteiger charge is 2.19. The van der Waals surface area contributed by atoms with Crippen LogP contribution in [0.4, 0.5) is 0 Å². The molecule has 1 aliphatic heterocycles. The Morgan fingerprint density at radius 1 is 1.18 bits per heavy atom. The molecule has 0 bridgehead atoms. The second-order valence-corrected chi connectivity index (χ2v) is 5.84. The van der Waals surface area contributed by atoms with Gasteiger partial charge in [0.05, 0.1) is 22.6 Å². The topological polar surface area (TPSA) is 49.3 Å². The van der Waals surface area contributed by atoms with Crippen molar-refractivity contribution in [2.75, 3.05) is 13.1 Å². The highest BCUT2D eigenvalue weighted by atomic mass is 35.5. The van der Waals surface area contributed by atoms with Gasteiger partial charge in [-0.3, -0.25) is 9.98 Å². The lowest BCUT2D eigenvalue weighted by Crippen LogP contribution is -2.37. The van der Waals surface area contributed by atoms with E-state index in [-0.39, 0.29) is 6.04 Å². The van der Waals surface area contributed by atoms with Crippen LogP contribution in [0.1, 0.15) is 17.2 Å². The van der Waals surface area contributed by atoms with E-state index in [0.717, 1.165) is 31.0 Å². The first-order valence-corrected chi connectivity index (χ1v) is 7.87. The maximum Gasteiger partial charge on any atom is 0.191 e. The molecular weight excluding hydrogens is 319 g/mol. The van der Waals surface area contributed by atoms with Crippen LogP contribution < -0.4 is 10.6 Å². The van der Waals surface area contributed by atoms with Crippen molar-refractivity contribution in [3.05, 3.63) is 63.9 Å². The number of hydrogen-bond acceptors (Lipinski definition) is 4. The van der Waals surface area contributed by atoms with Gasteiger partial charge in [-0.2, -0.15) is 0 Å². The van der Waals surface area contributed by atoms with Gasteiger partial charge in [-0.25, -0.2) is 0 Å². The second kappa shape index (κ2) is 6.99. The Bertz CT molecular complexity index is 673. The SMILES string of the molecule is Clc1cccc(C(Cc2ccncc2)NC2=NCCN2)c1Cl. The van der Waals surface area contributed by atoms with Crippen LogP contribution in [0.3, 0.4) is 0 Å². The number of nitrogens with zero attached hydrogens (tertiary/aromatic N) is 2. The van der Waals surface area contributed by atoms with Gasteiger partial charge in [0.15, 0.2) is 5.96 Å². The third-order valence-corrected chi connectivity index (χ3v) is 4.36. The molecule has 0 aliphatic carbocycles. The van der Waals surface area contributed by atoms with Gasteiger partial charge >= 0.3 is 0 Å². The number of benzene rings is 1. The van der Waals surface area contributed by atoms with Gasteiger partial charge in [0.1, 0.15) is 0 Å². The lowest BCUT2D eigenvalue weighted by atomic mass is 9.99. The predicted molar refractivity (Wildman–Crippen MR) is 90.6 cm³/mol. The normalized spacial score (nSPS) is 15.1. The molecule has 22 heavy (non-hydrogen) atoms. The van der Waals surface area contributed by atoms with E-state index in [9.17, 15) is 0 Å². The van der Waals surface area contributed by atoms with Gasteiger partial charge < -0.3 is 10.6 Å². The number of hydrogen-bond donors (Lipinski definition) is 2. The molecule has 1 aliphatic rings. The Kier molecular flexibility index (Phi) is 4.80. The summed E-state index contributed by atoms with van der Waals surface area (Å²) in [5, 5.41) is 7.79. The van der Waals surface area contributed by atoms with Crippen LogP contribution in [0.5, 0.6) is 0 Å². The van der Waals surface area contributed by atoms with E-state index < -0.39 is 0 Å². The second-order valence-electron chi connectivity index (χ2n) is 5.06. The van der Waals surface area contributed by atoms with E-state index in [1.807, 2.05) is 24.3 Å².